The van der Waals surface area contributed by atoms with Gasteiger partial charge in [-0.1, -0.05) is 54.1 Å². The first kappa shape index (κ1) is 18.8. The molecular formula is C27H17ClN2O2. The first-order valence-corrected chi connectivity index (χ1v) is 10.7. The smallest absolute Gasteiger partial charge is 0.197 e. The molecule has 2 heterocycles. The monoisotopic (exact) mass is 436 g/mol. The summed E-state index contributed by atoms with van der Waals surface area (Å²) >= 11 is 6.31. The minimum Gasteiger partial charge on any atom is -0.354 e. The fraction of sp³-hybridized carbons (Fsp3) is 0.0370. The first-order valence-electron chi connectivity index (χ1n) is 10.3. The Hall–Kier alpha value is -3.89. The molecule has 154 valence electrons. The molecule has 0 unspecified atom stereocenters. The molecule has 6 rings (SSSR count). The number of halogens is 1. The summed E-state index contributed by atoms with van der Waals surface area (Å²) in [5.74, 6) is 0. The number of rotatable bonds is 2. The van der Waals surface area contributed by atoms with Gasteiger partial charge in [-0.15, -0.1) is 0 Å². The van der Waals surface area contributed by atoms with Crippen LogP contribution < -0.4 is 10.9 Å². The summed E-state index contributed by atoms with van der Waals surface area (Å²) in [6.07, 6.45) is 0. The summed E-state index contributed by atoms with van der Waals surface area (Å²) in [6.45, 7) is 0.547. The normalized spacial score (nSPS) is 11.7. The van der Waals surface area contributed by atoms with Crippen LogP contribution in [0.5, 0.6) is 0 Å². The van der Waals surface area contributed by atoms with Crippen LogP contribution in [0.3, 0.4) is 0 Å². The minimum atomic E-state index is -0.0770. The maximum atomic E-state index is 13.4. The molecule has 5 heteroatoms. The number of nitrogens with one attached hydrogen (secondary N) is 1. The molecule has 2 aromatic heterocycles. The van der Waals surface area contributed by atoms with Crippen LogP contribution in [0.4, 0.5) is 0 Å². The standard InChI is InChI=1S/C27H17ClN2O2/c28-17-10-11-19-24(12-17)30(15-16-6-2-1-3-7-16)25-14-20-23(13-21(25)27(19)32)29-22-9-5-4-8-18(22)26(20)31/h1-14H,15H2,(H,29,31). The number of nitrogens with zero attached hydrogens (tertiary/aromatic N) is 1. The zero-order valence-electron chi connectivity index (χ0n) is 16.9. The molecule has 0 bridgehead atoms. The quantitative estimate of drug-likeness (QED) is 0.346. The van der Waals surface area contributed by atoms with Crippen molar-refractivity contribution in [2.45, 2.75) is 6.54 Å². The largest absolute Gasteiger partial charge is 0.354 e. The van der Waals surface area contributed by atoms with E-state index in [0.29, 0.717) is 44.1 Å². The van der Waals surface area contributed by atoms with Crippen LogP contribution in [-0.4, -0.2) is 9.55 Å². The van der Waals surface area contributed by atoms with Crippen LogP contribution in [0.2, 0.25) is 5.02 Å². The van der Waals surface area contributed by atoms with Crippen molar-refractivity contribution in [2.75, 3.05) is 0 Å². The van der Waals surface area contributed by atoms with Crippen molar-refractivity contribution in [1.82, 2.24) is 9.55 Å². The van der Waals surface area contributed by atoms with Crippen molar-refractivity contribution >= 4 is 55.2 Å². The number of H-pyrrole nitrogens is 1. The summed E-state index contributed by atoms with van der Waals surface area (Å²) in [6, 6.07) is 26.4. The Kier molecular flexibility index (Phi) is 4.17. The number of aromatic nitrogens is 2. The number of para-hydroxylation sites is 1. The van der Waals surface area contributed by atoms with Gasteiger partial charge in [-0.3, -0.25) is 9.59 Å². The Labute approximate surface area is 187 Å². The van der Waals surface area contributed by atoms with Gasteiger partial charge >= 0.3 is 0 Å². The van der Waals surface area contributed by atoms with Crippen LogP contribution in [0.15, 0.2) is 94.5 Å². The maximum absolute atomic E-state index is 13.4. The van der Waals surface area contributed by atoms with Gasteiger partial charge in [0.05, 0.1) is 16.6 Å². The predicted molar refractivity (Wildman–Crippen MR) is 132 cm³/mol. The number of fused-ring (bicyclic) bond motifs is 4. The summed E-state index contributed by atoms with van der Waals surface area (Å²) in [4.78, 5) is 30.0. The lowest BCUT2D eigenvalue weighted by atomic mass is 10.0. The average molecular weight is 437 g/mol. The van der Waals surface area contributed by atoms with Crippen molar-refractivity contribution in [2.24, 2.45) is 0 Å². The molecule has 0 aliphatic rings. The third-order valence-electron chi connectivity index (χ3n) is 6.04. The summed E-state index contributed by atoms with van der Waals surface area (Å²) in [7, 11) is 0. The van der Waals surface area contributed by atoms with Crippen molar-refractivity contribution < 1.29 is 0 Å². The van der Waals surface area contributed by atoms with Gasteiger partial charge in [0.2, 0.25) is 0 Å². The highest BCUT2D eigenvalue weighted by Crippen LogP contribution is 2.26. The first-order chi connectivity index (χ1) is 15.6. The summed E-state index contributed by atoms with van der Waals surface area (Å²) in [5, 5.41) is 2.90. The van der Waals surface area contributed by atoms with E-state index in [-0.39, 0.29) is 10.9 Å². The molecular weight excluding hydrogens is 420 g/mol. The molecule has 0 radical (unpaired) electrons. The summed E-state index contributed by atoms with van der Waals surface area (Å²) < 4.78 is 2.07. The van der Waals surface area contributed by atoms with Gasteiger partial charge in [0.1, 0.15) is 0 Å². The zero-order valence-corrected chi connectivity index (χ0v) is 17.7. The lowest BCUT2D eigenvalue weighted by Crippen LogP contribution is -2.14. The van der Waals surface area contributed by atoms with E-state index in [1.807, 2.05) is 66.7 Å². The van der Waals surface area contributed by atoms with E-state index in [0.717, 1.165) is 16.6 Å². The number of hydrogen-bond donors (Lipinski definition) is 1. The molecule has 6 aromatic rings. The third kappa shape index (κ3) is 2.84. The van der Waals surface area contributed by atoms with Gasteiger partial charge < -0.3 is 9.55 Å². The van der Waals surface area contributed by atoms with Crippen LogP contribution in [-0.2, 0) is 6.54 Å². The fourth-order valence-corrected chi connectivity index (χ4v) is 4.66. The molecule has 0 amide bonds. The molecule has 4 aromatic carbocycles. The fourth-order valence-electron chi connectivity index (χ4n) is 4.50. The second kappa shape index (κ2) is 7.08. The Balaban J connectivity index is 1.80. The maximum Gasteiger partial charge on any atom is 0.197 e. The summed E-state index contributed by atoms with van der Waals surface area (Å²) in [5.41, 5.74) is 3.82. The molecule has 0 aliphatic carbocycles. The van der Waals surface area contributed by atoms with Crippen LogP contribution in [0.1, 0.15) is 5.56 Å². The molecule has 0 saturated heterocycles. The van der Waals surface area contributed by atoms with Crippen molar-refractivity contribution in [3.63, 3.8) is 0 Å². The minimum absolute atomic E-state index is 0.0545. The van der Waals surface area contributed by atoms with E-state index in [4.69, 9.17) is 11.6 Å². The van der Waals surface area contributed by atoms with Crippen LogP contribution in [0.25, 0.3) is 43.6 Å². The Morgan fingerprint density at radius 1 is 0.656 bits per heavy atom. The molecule has 32 heavy (non-hydrogen) atoms. The zero-order chi connectivity index (χ0) is 21.8. The van der Waals surface area contributed by atoms with Crippen LogP contribution >= 0.6 is 11.6 Å². The van der Waals surface area contributed by atoms with Gasteiger partial charge in [0.15, 0.2) is 10.9 Å². The van der Waals surface area contributed by atoms with E-state index < -0.39 is 0 Å². The van der Waals surface area contributed by atoms with Crippen molar-refractivity contribution in [3.8, 4) is 0 Å². The topological polar surface area (TPSA) is 54.9 Å². The van der Waals surface area contributed by atoms with Crippen molar-refractivity contribution in [1.29, 1.82) is 0 Å². The second-order valence-electron chi connectivity index (χ2n) is 7.98. The average Bonchev–Trinajstić information content (AvgIpc) is 2.82. The number of aromatic amines is 1. The Morgan fingerprint density at radius 3 is 2.22 bits per heavy atom. The molecule has 1 N–H and O–H groups in total. The van der Waals surface area contributed by atoms with E-state index in [2.05, 4.69) is 9.55 Å². The SMILES string of the molecule is O=c1c2ccccc2[nH]c2cc3c(=O)c4ccc(Cl)cc4n(Cc4ccccc4)c3cc12. The molecule has 0 fully saturated rings. The third-order valence-corrected chi connectivity index (χ3v) is 6.27. The van der Waals surface area contributed by atoms with Crippen LogP contribution in [0, 0.1) is 0 Å². The van der Waals surface area contributed by atoms with E-state index >= 15 is 0 Å². The lowest BCUT2D eigenvalue weighted by molar-refractivity contribution is 0.863. The van der Waals surface area contributed by atoms with Gasteiger partial charge in [-0.25, -0.2) is 0 Å². The number of benzene rings is 4. The predicted octanol–water partition coefficient (Wildman–Crippen LogP) is 5.85. The molecule has 4 nitrogen and oxygen atoms in total. The van der Waals surface area contributed by atoms with Gasteiger partial charge in [-0.2, -0.15) is 0 Å². The highest BCUT2D eigenvalue weighted by Gasteiger charge is 2.15. The van der Waals surface area contributed by atoms with Crippen molar-refractivity contribution in [3.05, 3.63) is 116 Å². The molecule has 0 aliphatic heterocycles. The van der Waals surface area contributed by atoms with E-state index in [1.165, 1.54) is 0 Å². The van der Waals surface area contributed by atoms with E-state index in [1.54, 1.807) is 18.2 Å². The lowest BCUT2D eigenvalue weighted by Gasteiger charge is -2.16. The van der Waals surface area contributed by atoms with Gasteiger partial charge in [0.25, 0.3) is 0 Å². The Morgan fingerprint density at radius 2 is 1.38 bits per heavy atom. The van der Waals surface area contributed by atoms with Gasteiger partial charge in [-0.05, 0) is 48.0 Å². The molecule has 0 atom stereocenters. The Bertz CT molecular complexity index is 1800. The number of hydrogen-bond acceptors (Lipinski definition) is 2. The highest BCUT2D eigenvalue weighted by molar-refractivity contribution is 6.31. The second-order valence-corrected chi connectivity index (χ2v) is 8.41. The number of pyridine rings is 2. The van der Waals surface area contributed by atoms with Gasteiger partial charge in [0, 0.05) is 38.6 Å². The highest BCUT2D eigenvalue weighted by atomic mass is 35.5. The molecule has 0 saturated carbocycles. The van der Waals surface area contributed by atoms with E-state index in [9.17, 15) is 9.59 Å². The molecule has 0 spiro atoms.